The lowest BCUT2D eigenvalue weighted by Gasteiger charge is -2.51. The Kier molecular flexibility index (Phi) is 6.94. The number of pyridine rings is 1. The first kappa shape index (κ1) is 30.4. The Morgan fingerprint density at radius 3 is 2.63 bits per heavy atom. The summed E-state index contributed by atoms with van der Waals surface area (Å²) in [4.78, 5) is 42.9. The molecule has 2 aromatic heterocycles. The first-order valence-corrected chi connectivity index (χ1v) is 16.9. The smallest absolute Gasteiger partial charge is 0.430 e. The second-order valence-electron chi connectivity index (χ2n) is 12.6. The third-order valence-corrected chi connectivity index (χ3v) is 11.0. The molecule has 2 aromatic carbocycles. The molecule has 3 aliphatic heterocycles. The molecule has 4 aromatic rings. The topological polar surface area (TPSA) is 99.5 Å². The van der Waals surface area contributed by atoms with Gasteiger partial charge in [-0.25, -0.2) is 18.0 Å². The van der Waals surface area contributed by atoms with E-state index in [4.69, 9.17) is 18.9 Å². The van der Waals surface area contributed by atoms with Crippen molar-refractivity contribution in [3.05, 3.63) is 98.0 Å². The van der Waals surface area contributed by atoms with E-state index in [2.05, 4.69) is 0 Å². The van der Waals surface area contributed by atoms with E-state index in [9.17, 15) is 14.4 Å². The number of ether oxygens (including phenoxy) is 4. The van der Waals surface area contributed by atoms with Crippen molar-refractivity contribution in [1.82, 2.24) is 9.58 Å². The van der Waals surface area contributed by atoms with E-state index in [1.807, 2.05) is 24.3 Å². The van der Waals surface area contributed by atoms with Gasteiger partial charge in [-0.1, -0.05) is 30.3 Å². The lowest BCUT2D eigenvalue weighted by Crippen LogP contribution is -2.66. The number of benzene rings is 2. The Labute approximate surface area is 281 Å². The zero-order chi connectivity index (χ0) is 33.6. The number of amides is 1. The number of carbonyl (C=O) groups is 2. The molecule has 5 aliphatic rings. The zero-order valence-electron chi connectivity index (χ0n) is 25.8. The molecule has 252 valence electrons. The van der Waals surface area contributed by atoms with Crippen molar-refractivity contribution in [2.75, 3.05) is 38.0 Å². The van der Waals surface area contributed by atoms with Crippen LogP contribution in [0.15, 0.2) is 58.8 Å². The van der Waals surface area contributed by atoms with Crippen LogP contribution in [-0.4, -0.2) is 66.9 Å². The van der Waals surface area contributed by atoms with Gasteiger partial charge in [0.05, 0.1) is 38.0 Å². The number of carbonyl (C=O) groups excluding carboxylic acids is 2. The third kappa shape index (κ3) is 4.57. The minimum Gasteiger partial charge on any atom is -0.430 e. The van der Waals surface area contributed by atoms with Gasteiger partial charge in [0.25, 0.3) is 11.8 Å². The number of alkyl halides is 2. The van der Waals surface area contributed by atoms with Crippen LogP contribution in [0, 0.1) is 5.82 Å². The maximum absolute atomic E-state index is 15.9. The number of rotatable bonds is 3. The normalized spacial score (nSPS) is 22.0. The molecule has 49 heavy (non-hydrogen) atoms. The predicted octanol–water partition coefficient (Wildman–Crippen LogP) is 5.58. The summed E-state index contributed by atoms with van der Waals surface area (Å²) in [6.07, 6.45) is -0.703. The van der Waals surface area contributed by atoms with E-state index in [1.165, 1.54) is 39.2 Å². The average molecular weight is 692 g/mol. The van der Waals surface area contributed by atoms with Crippen LogP contribution in [0.3, 0.4) is 0 Å². The van der Waals surface area contributed by atoms with Gasteiger partial charge in [-0.3, -0.25) is 19.3 Å². The summed E-state index contributed by atoms with van der Waals surface area (Å²) in [7, 11) is 0. The minimum absolute atomic E-state index is 0.0462. The van der Waals surface area contributed by atoms with Gasteiger partial charge in [0.1, 0.15) is 18.1 Å². The first-order valence-electron chi connectivity index (χ1n) is 16.0. The maximum Gasteiger partial charge on any atom is 0.514 e. The average Bonchev–Trinajstić information content (AvgIpc) is 3.46. The molecular weight excluding hydrogens is 663 g/mol. The molecule has 0 saturated carbocycles. The largest absolute Gasteiger partial charge is 0.514 e. The molecule has 0 spiro atoms. The molecule has 2 saturated heterocycles. The fraction of sp³-hybridized carbons (Fsp3) is 0.343. The molecule has 2 fully saturated rings. The lowest BCUT2D eigenvalue weighted by atomic mass is 9.80. The van der Waals surface area contributed by atoms with Crippen molar-refractivity contribution in [3.8, 4) is 27.3 Å². The molecule has 2 aliphatic carbocycles. The molecule has 0 N–H and O–H groups in total. The maximum atomic E-state index is 15.9. The van der Waals surface area contributed by atoms with E-state index in [-0.39, 0.29) is 31.0 Å². The number of fused-ring (bicyclic) bond motifs is 4. The molecule has 2 atom stereocenters. The Balaban J connectivity index is 1.27. The summed E-state index contributed by atoms with van der Waals surface area (Å²) in [5.74, 6) is -5.58. The second kappa shape index (κ2) is 11.2. The van der Waals surface area contributed by atoms with Gasteiger partial charge >= 0.3 is 6.16 Å². The first-order chi connectivity index (χ1) is 23.7. The van der Waals surface area contributed by atoms with Crippen LogP contribution in [0.5, 0.6) is 5.75 Å². The second-order valence-corrected chi connectivity index (χ2v) is 13.5. The summed E-state index contributed by atoms with van der Waals surface area (Å²) >= 11 is 1.33. The molecule has 0 radical (unpaired) electrons. The molecule has 1 amide bonds. The van der Waals surface area contributed by atoms with Gasteiger partial charge in [0, 0.05) is 54.1 Å². The Bertz CT molecular complexity index is 2110. The van der Waals surface area contributed by atoms with Crippen molar-refractivity contribution in [2.24, 2.45) is 0 Å². The van der Waals surface area contributed by atoms with E-state index >= 15 is 13.2 Å². The van der Waals surface area contributed by atoms with Crippen molar-refractivity contribution in [2.45, 2.75) is 43.5 Å². The number of nitrogens with zero attached hydrogens (tertiary/aromatic N) is 3. The van der Waals surface area contributed by atoms with Crippen molar-refractivity contribution in [3.63, 3.8) is 0 Å². The Hall–Kier alpha value is -4.66. The summed E-state index contributed by atoms with van der Waals surface area (Å²) in [6, 6.07) is 10.3. The summed E-state index contributed by atoms with van der Waals surface area (Å²) in [6.45, 7) is 1.20. The number of aromatic nitrogens is 1. The zero-order valence-corrected chi connectivity index (χ0v) is 26.6. The highest BCUT2D eigenvalue weighted by atomic mass is 32.1. The quantitative estimate of drug-likeness (QED) is 0.257. The van der Waals surface area contributed by atoms with Crippen molar-refractivity contribution < 1.29 is 41.7 Å². The number of halogens is 3. The molecule has 10 nitrogen and oxygen atoms in total. The Morgan fingerprint density at radius 2 is 1.80 bits per heavy atom. The van der Waals surface area contributed by atoms with Crippen LogP contribution in [0.4, 0.5) is 18.0 Å². The number of hydrogen-bond donors (Lipinski definition) is 0. The lowest BCUT2D eigenvalue weighted by molar-refractivity contribution is -0.0209. The van der Waals surface area contributed by atoms with Gasteiger partial charge < -0.3 is 23.8 Å². The molecule has 9 rings (SSSR count). The molecular formula is C35H28F3N3O7S. The van der Waals surface area contributed by atoms with Crippen LogP contribution >= 0.6 is 11.3 Å². The van der Waals surface area contributed by atoms with Gasteiger partial charge in [0.2, 0.25) is 11.2 Å². The predicted molar refractivity (Wildman–Crippen MR) is 170 cm³/mol. The number of thiophene rings is 1. The minimum atomic E-state index is -3.48. The summed E-state index contributed by atoms with van der Waals surface area (Å²) in [5.41, 5.74) is 1.38. The van der Waals surface area contributed by atoms with Crippen LogP contribution < -0.4 is 15.2 Å². The van der Waals surface area contributed by atoms with Crippen LogP contribution in [0.1, 0.15) is 51.6 Å². The van der Waals surface area contributed by atoms with Crippen molar-refractivity contribution in [1.29, 1.82) is 0 Å². The van der Waals surface area contributed by atoms with Gasteiger partial charge in [-0.05, 0) is 33.7 Å². The third-order valence-electron chi connectivity index (χ3n) is 9.91. The molecule has 14 heteroatoms. The fourth-order valence-electron chi connectivity index (χ4n) is 7.82. The van der Waals surface area contributed by atoms with Crippen LogP contribution in [-0.2, 0) is 26.6 Å². The van der Waals surface area contributed by atoms with Gasteiger partial charge in [-0.15, -0.1) is 11.3 Å². The monoisotopic (exact) mass is 691 g/mol. The fourth-order valence-corrected chi connectivity index (χ4v) is 8.95. The van der Waals surface area contributed by atoms with Crippen LogP contribution in [0.25, 0.3) is 21.6 Å². The van der Waals surface area contributed by atoms with Gasteiger partial charge in [0.15, 0.2) is 5.69 Å². The molecule has 0 bridgehead atoms. The van der Waals surface area contributed by atoms with E-state index in [0.29, 0.717) is 48.3 Å². The van der Waals surface area contributed by atoms with Gasteiger partial charge in [-0.2, -0.15) is 0 Å². The summed E-state index contributed by atoms with van der Waals surface area (Å²) < 4.78 is 71.1. The SMILES string of the molecule is O=C(Oc1c2n(ccc1=O)N(C1c3ccccc3-c3scc4c3-c3c1ccc(F)c3C(F)(F)C4)C1COCCN1C2=O)OC1CCOCC1. The molecule has 5 heterocycles. The molecule has 2 unspecified atom stereocenters. The van der Waals surface area contributed by atoms with Crippen molar-refractivity contribution >= 4 is 23.4 Å². The standard InChI is InChI=1S/C35H28F3N3O7S/c36-23-6-5-22-27-26-18(15-35(37,38)28(23)27)17-49-32(26)21-4-2-1-3-20(21)29(22)41-25-16-46-14-11-39(25)33(43)30-31(24(42)7-10-40(30)41)48-34(44)47-19-8-12-45-13-9-19/h1-7,10,17,19,25,29H,8-9,11-16H2. The highest BCUT2D eigenvalue weighted by Gasteiger charge is 2.50. The number of morpholine rings is 1. The number of hydrogen-bond acceptors (Lipinski definition) is 9. The Morgan fingerprint density at radius 1 is 0.980 bits per heavy atom. The van der Waals surface area contributed by atoms with E-state index in [0.717, 1.165) is 16.5 Å². The summed E-state index contributed by atoms with van der Waals surface area (Å²) in [5, 5.41) is 3.49. The highest BCUT2D eigenvalue weighted by molar-refractivity contribution is 7.14. The van der Waals surface area contributed by atoms with E-state index in [1.54, 1.807) is 10.4 Å². The van der Waals surface area contributed by atoms with E-state index < -0.39 is 65.3 Å². The highest BCUT2D eigenvalue weighted by Crippen LogP contribution is 2.58. The van der Waals surface area contributed by atoms with Crippen LogP contribution in [0.2, 0.25) is 0 Å².